The molecule has 53 heavy (non-hydrogen) atoms. The summed E-state index contributed by atoms with van der Waals surface area (Å²) in [5.41, 5.74) is 11.8. The highest BCUT2D eigenvalue weighted by molar-refractivity contribution is 6.12. The third-order valence-electron chi connectivity index (χ3n) is 11.0. The van der Waals surface area contributed by atoms with Crippen molar-refractivity contribution >= 4 is 84.1 Å². The van der Waals surface area contributed by atoms with E-state index in [-0.39, 0.29) is 5.56 Å². The predicted octanol–water partition coefficient (Wildman–Crippen LogP) is 12.2. The van der Waals surface area contributed by atoms with E-state index in [2.05, 4.69) is 163 Å². The summed E-state index contributed by atoms with van der Waals surface area (Å²) < 4.78 is 4.82. The Morgan fingerprint density at radius 3 is 1.72 bits per heavy atom. The van der Waals surface area contributed by atoms with Crippen molar-refractivity contribution in [1.82, 2.24) is 9.13 Å². The fourth-order valence-corrected chi connectivity index (χ4v) is 8.31. The summed E-state index contributed by atoms with van der Waals surface area (Å²) in [6.45, 7) is 10.4. The standard InChI is InChI=1S/C47H40N4O2/c1-5-49-41-13-9-7-11-35(41)37-23-21-33(28-43(37)49)51(34-22-24-38-36-12-8-10-14-42(36)50(6-2)44(38)29-34)32-19-15-30(16-20-32)17-26-45-47(3,4)39-27-31(46(52)53)18-25-40(39)48-45/h7-29H,5-6H2,1-4H3,(H,52,53). The highest BCUT2D eigenvalue weighted by atomic mass is 16.4. The van der Waals surface area contributed by atoms with Gasteiger partial charge in [0, 0.05) is 68.1 Å². The molecule has 0 atom stereocenters. The van der Waals surface area contributed by atoms with E-state index in [0.29, 0.717) is 0 Å². The molecule has 6 aromatic carbocycles. The summed E-state index contributed by atoms with van der Waals surface area (Å²) in [6.07, 6.45) is 4.15. The fourth-order valence-electron chi connectivity index (χ4n) is 8.31. The molecular formula is C47H40N4O2. The van der Waals surface area contributed by atoms with Crippen LogP contribution in [0.5, 0.6) is 0 Å². The number of aryl methyl sites for hydroxylation is 2. The Morgan fingerprint density at radius 1 is 0.642 bits per heavy atom. The number of aliphatic imine (C=N–C) groups is 1. The predicted molar refractivity (Wildman–Crippen MR) is 221 cm³/mol. The lowest BCUT2D eigenvalue weighted by Crippen LogP contribution is -2.24. The lowest BCUT2D eigenvalue weighted by atomic mass is 9.80. The van der Waals surface area contributed by atoms with Crippen molar-refractivity contribution in [2.45, 2.75) is 46.2 Å². The summed E-state index contributed by atoms with van der Waals surface area (Å²) in [6, 6.07) is 44.9. The monoisotopic (exact) mass is 692 g/mol. The molecule has 2 aromatic heterocycles. The molecule has 1 aliphatic heterocycles. The molecule has 1 N–H and O–H groups in total. The van der Waals surface area contributed by atoms with Crippen molar-refractivity contribution in [1.29, 1.82) is 0 Å². The zero-order valence-electron chi connectivity index (χ0n) is 30.3. The highest BCUT2D eigenvalue weighted by Crippen LogP contribution is 2.43. The van der Waals surface area contributed by atoms with Gasteiger partial charge in [0.05, 0.1) is 28.0 Å². The van der Waals surface area contributed by atoms with Crippen LogP contribution in [0.15, 0.2) is 138 Å². The van der Waals surface area contributed by atoms with E-state index in [0.717, 1.165) is 52.7 Å². The molecule has 9 rings (SSSR count). The summed E-state index contributed by atoms with van der Waals surface area (Å²) >= 11 is 0. The second-order valence-electron chi connectivity index (χ2n) is 14.3. The van der Waals surface area contributed by atoms with Crippen LogP contribution in [0.4, 0.5) is 22.7 Å². The zero-order chi connectivity index (χ0) is 36.4. The van der Waals surface area contributed by atoms with Crippen LogP contribution in [0, 0.1) is 0 Å². The van der Waals surface area contributed by atoms with E-state index in [1.807, 2.05) is 0 Å². The smallest absolute Gasteiger partial charge is 0.335 e. The molecule has 0 amide bonds. The Labute approximate surface area is 308 Å². The summed E-state index contributed by atoms with van der Waals surface area (Å²) in [7, 11) is 0. The molecule has 0 radical (unpaired) electrons. The normalized spacial score (nSPS) is 13.8. The molecule has 8 aromatic rings. The SMILES string of the molecule is CCn1c2ccccc2c2ccc(N(c3ccc(C=CC4=Nc5ccc(C(=O)O)cc5C4(C)C)cc3)c3ccc4c5ccccc5n(CC)c4c3)cc21. The van der Waals surface area contributed by atoms with Gasteiger partial charge in [-0.1, -0.05) is 80.6 Å². The first-order valence-electron chi connectivity index (χ1n) is 18.3. The summed E-state index contributed by atoms with van der Waals surface area (Å²) in [5, 5.41) is 14.6. The fraction of sp³-hybridized carbons (Fsp3) is 0.149. The molecule has 0 saturated carbocycles. The largest absolute Gasteiger partial charge is 0.478 e. The summed E-state index contributed by atoms with van der Waals surface area (Å²) in [5.74, 6) is -0.929. The van der Waals surface area contributed by atoms with Gasteiger partial charge in [0.1, 0.15) is 0 Å². The third-order valence-corrected chi connectivity index (χ3v) is 11.0. The zero-order valence-corrected chi connectivity index (χ0v) is 30.3. The van der Waals surface area contributed by atoms with Gasteiger partial charge in [0.2, 0.25) is 0 Å². The average Bonchev–Trinajstić information content (AvgIpc) is 3.77. The van der Waals surface area contributed by atoms with Crippen LogP contribution in [0.2, 0.25) is 0 Å². The number of carboxylic acid groups (broad SMARTS) is 1. The van der Waals surface area contributed by atoms with Crippen molar-refractivity contribution in [3.8, 4) is 0 Å². The summed E-state index contributed by atoms with van der Waals surface area (Å²) in [4.78, 5) is 18.9. The lowest BCUT2D eigenvalue weighted by Gasteiger charge is -2.26. The van der Waals surface area contributed by atoms with Crippen LogP contribution in [-0.2, 0) is 18.5 Å². The van der Waals surface area contributed by atoms with Crippen molar-refractivity contribution < 1.29 is 9.90 Å². The molecule has 0 bridgehead atoms. The number of carbonyl (C=O) groups is 1. The van der Waals surface area contributed by atoms with Crippen molar-refractivity contribution in [3.05, 3.63) is 150 Å². The molecule has 3 heterocycles. The minimum Gasteiger partial charge on any atom is -0.478 e. The number of para-hydroxylation sites is 2. The van der Waals surface area contributed by atoms with Gasteiger partial charge in [-0.05, 0) is 97.8 Å². The first-order chi connectivity index (χ1) is 25.8. The van der Waals surface area contributed by atoms with E-state index in [9.17, 15) is 9.90 Å². The minimum atomic E-state index is -0.929. The van der Waals surface area contributed by atoms with Crippen LogP contribution in [0.3, 0.4) is 0 Å². The van der Waals surface area contributed by atoms with Gasteiger partial charge in [0.15, 0.2) is 0 Å². The molecule has 260 valence electrons. The molecular weight excluding hydrogens is 653 g/mol. The van der Waals surface area contributed by atoms with Gasteiger partial charge in [-0.2, -0.15) is 0 Å². The van der Waals surface area contributed by atoms with Crippen LogP contribution in [0.1, 0.15) is 49.2 Å². The number of aromatic nitrogens is 2. The first kappa shape index (κ1) is 32.5. The van der Waals surface area contributed by atoms with Crippen molar-refractivity contribution in [2.75, 3.05) is 4.90 Å². The number of allylic oxidation sites excluding steroid dienone is 1. The van der Waals surface area contributed by atoms with E-state index in [1.54, 1.807) is 18.2 Å². The molecule has 0 aliphatic carbocycles. The molecule has 0 spiro atoms. The van der Waals surface area contributed by atoms with Crippen molar-refractivity contribution in [3.63, 3.8) is 0 Å². The molecule has 0 fully saturated rings. The van der Waals surface area contributed by atoms with Crippen molar-refractivity contribution in [2.24, 2.45) is 4.99 Å². The van der Waals surface area contributed by atoms with Crippen LogP contribution < -0.4 is 4.90 Å². The van der Waals surface area contributed by atoms with Gasteiger partial charge in [-0.15, -0.1) is 0 Å². The van der Waals surface area contributed by atoms with Gasteiger partial charge in [-0.3, -0.25) is 4.99 Å². The molecule has 0 unspecified atom stereocenters. The minimum absolute atomic E-state index is 0.281. The molecule has 6 nitrogen and oxygen atoms in total. The van der Waals surface area contributed by atoms with Crippen LogP contribution >= 0.6 is 0 Å². The number of fused-ring (bicyclic) bond motifs is 7. The average molecular weight is 693 g/mol. The number of hydrogen-bond acceptors (Lipinski definition) is 3. The Bertz CT molecular complexity index is 2690. The third kappa shape index (κ3) is 5.16. The number of anilines is 3. The maximum atomic E-state index is 11.7. The van der Waals surface area contributed by atoms with E-state index in [1.165, 1.54) is 43.6 Å². The Balaban J connectivity index is 1.14. The maximum Gasteiger partial charge on any atom is 0.335 e. The van der Waals surface area contributed by atoms with Crippen LogP contribution in [0.25, 0.3) is 49.7 Å². The number of carboxylic acids is 1. The number of rotatable bonds is 8. The van der Waals surface area contributed by atoms with Gasteiger partial charge >= 0.3 is 5.97 Å². The number of nitrogens with zero attached hydrogens (tertiary/aromatic N) is 4. The number of hydrogen-bond donors (Lipinski definition) is 1. The van der Waals surface area contributed by atoms with E-state index < -0.39 is 11.4 Å². The van der Waals surface area contributed by atoms with E-state index >= 15 is 0 Å². The molecule has 0 saturated heterocycles. The topological polar surface area (TPSA) is 62.8 Å². The number of benzene rings is 6. The Morgan fingerprint density at radius 2 is 1.17 bits per heavy atom. The lowest BCUT2D eigenvalue weighted by molar-refractivity contribution is 0.0696. The quantitative estimate of drug-likeness (QED) is 0.172. The Hall–Kier alpha value is -6.40. The van der Waals surface area contributed by atoms with Gasteiger partial charge in [-0.25, -0.2) is 4.79 Å². The highest BCUT2D eigenvalue weighted by Gasteiger charge is 2.34. The van der Waals surface area contributed by atoms with Gasteiger partial charge in [0.25, 0.3) is 0 Å². The molecule has 1 aliphatic rings. The Kier molecular flexibility index (Phi) is 7.59. The van der Waals surface area contributed by atoms with Gasteiger partial charge < -0.3 is 19.1 Å². The second kappa shape index (κ2) is 12.4. The molecule has 6 heteroatoms. The first-order valence-corrected chi connectivity index (χ1v) is 18.3. The maximum absolute atomic E-state index is 11.7. The number of aromatic carboxylic acids is 1. The van der Waals surface area contributed by atoms with Crippen LogP contribution in [-0.4, -0.2) is 25.9 Å². The van der Waals surface area contributed by atoms with E-state index in [4.69, 9.17) is 4.99 Å². The second-order valence-corrected chi connectivity index (χ2v) is 14.3.